The van der Waals surface area contributed by atoms with E-state index in [1.807, 2.05) is 48.8 Å². The second kappa shape index (κ2) is 29.5. The van der Waals surface area contributed by atoms with E-state index in [1.165, 1.54) is 5.57 Å². The second-order valence-electron chi connectivity index (χ2n) is 4.55. The van der Waals surface area contributed by atoms with E-state index in [2.05, 4.69) is 73.5 Å². The molecule has 149 valence electrons. The zero-order valence-corrected chi connectivity index (χ0v) is 20.2. The molecule has 1 aliphatic carbocycles. The Morgan fingerprint density at radius 2 is 1.70 bits per heavy atom. The minimum Gasteiger partial charge on any atom is -0.484 e. The Labute approximate surface area is 192 Å². The summed E-state index contributed by atoms with van der Waals surface area (Å²) >= 11 is 0. The molecule has 2 aromatic heterocycles. The zero-order chi connectivity index (χ0) is 17.7. The van der Waals surface area contributed by atoms with Gasteiger partial charge in [0.1, 0.15) is 0 Å². The summed E-state index contributed by atoms with van der Waals surface area (Å²) in [4.78, 5) is 5.47. The molecule has 0 unspecified atom stereocenters. The molecule has 2 N–H and O–H groups in total. The quantitative estimate of drug-likeness (QED) is 0.255. The van der Waals surface area contributed by atoms with E-state index in [4.69, 9.17) is 0 Å². The summed E-state index contributed by atoms with van der Waals surface area (Å²) < 4.78 is 0. The molecule has 0 aromatic carbocycles. The summed E-state index contributed by atoms with van der Waals surface area (Å²) in [6.45, 7) is 6.31. The van der Waals surface area contributed by atoms with Crippen LogP contribution in [-0.2, 0) is 39.0 Å². The SMILES string of the molecule is CC=C(C=[C-]CC)CC.[C-]1=CC=CC1.[CH3-].[Ru+2].[Ru+3].[c-]1ccc[nH]1.[c-]1ccc[nH]1. The number of aromatic nitrogens is 2. The Bertz CT molecular complexity index is 481. The smallest absolute Gasteiger partial charge is 0.484 e. The van der Waals surface area contributed by atoms with E-state index in [1.54, 1.807) is 0 Å². The molecule has 27 heavy (non-hydrogen) atoms. The van der Waals surface area contributed by atoms with Gasteiger partial charge in [0.25, 0.3) is 0 Å². The average molecular weight is 538 g/mol. The number of hydrogen-bond donors (Lipinski definition) is 2. The minimum absolute atomic E-state index is 0. The molecule has 0 aliphatic heterocycles. The second-order valence-corrected chi connectivity index (χ2v) is 4.55. The first-order valence-electron chi connectivity index (χ1n) is 8.27. The van der Waals surface area contributed by atoms with Crippen LogP contribution in [0.3, 0.4) is 0 Å². The number of hydrogen-bond acceptors (Lipinski definition) is 0. The van der Waals surface area contributed by atoms with E-state index in [0.717, 1.165) is 19.3 Å². The van der Waals surface area contributed by atoms with Gasteiger partial charge in [0.2, 0.25) is 0 Å². The summed E-state index contributed by atoms with van der Waals surface area (Å²) in [5.41, 5.74) is 1.37. The first-order valence-corrected chi connectivity index (χ1v) is 8.27. The Hall–Kier alpha value is -1.23. The van der Waals surface area contributed by atoms with E-state index in [-0.39, 0.29) is 46.4 Å². The van der Waals surface area contributed by atoms with Gasteiger partial charge in [-0.1, -0.05) is 27.2 Å². The Kier molecular flexibility index (Phi) is 36.5. The van der Waals surface area contributed by atoms with Gasteiger partial charge in [-0.3, -0.25) is 12.2 Å². The van der Waals surface area contributed by atoms with Gasteiger partial charge in [0.15, 0.2) is 0 Å². The van der Waals surface area contributed by atoms with Crippen molar-refractivity contribution in [3.8, 4) is 0 Å². The van der Waals surface area contributed by atoms with Crippen LogP contribution >= 0.6 is 0 Å². The molecule has 0 spiro atoms. The molecular weight excluding hydrogens is 506 g/mol. The van der Waals surface area contributed by atoms with Crippen molar-refractivity contribution < 1.29 is 39.0 Å². The Morgan fingerprint density at radius 3 is 1.89 bits per heavy atom. The maximum absolute atomic E-state index is 3.16. The van der Waals surface area contributed by atoms with Crippen LogP contribution in [0.15, 0.2) is 72.6 Å². The molecule has 2 heterocycles. The van der Waals surface area contributed by atoms with Crippen LogP contribution in [0, 0.1) is 32.0 Å². The summed E-state index contributed by atoms with van der Waals surface area (Å²) in [6.07, 6.45) is 28.6. The van der Waals surface area contributed by atoms with E-state index >= 15 is 0 Å². The van der Waals surface area contributed by atoms with Gasteiger partial charge in [-0.05, 0) is 0 Å². The van der Waals surface area contributed by atoms with Gasteiger partial charge >= 0.3 is 39.0 Å². The molecule has 4 heteroatoms. The fourth-order valence-electron chi connectivity index (χ4n) is 1.44. The normalized spacial score (nSPS) is 10.6. The van der Waals surface area contributed by atoms with Crippen molar-refractivity contribution in [1.82, 2.24) is 9.97 Å². The van der Waals surface area contributed by atoms with Crippen molar-refractivity contribution in [3.63, 3.8) is 0 Å². The number of rotatable bonds is 3. The monoisotopic (exact) mass is 539 g/mol. The van der Waals surface area contributed by atoms with Gasteiger partial charge in [-0.2, -0.15) is 48.8 Å². The molecule has 1 aliphatic rings. The maximum Gasteiger partial charge on any atom is 3.00 e. The van der Waals surface area contributed by atoms with Crippen LogP contribution in [0.2, 0.25) is 0 Å². The predicted octanol–water partition coefficient (Wildman–Crippen LogP) is 6.49. The van der Waals surface area contributed by atoms with Gasteiger partial charge in [-0.25, -0.2) is 23.8 Å². The van der Waals surface area contributed by atoms with Gasteiger partial charge < -0.3 is 17.4 Å². The average Bonchev–Trinajstić information content (AvgIpc) is 3.44. The van der Waals surface area contributed by atoms with Crippen molar-refractivity contribution >= 4 is 0 Å². The van der Waals surface area contributed by atoms with Crippen molar-refractivity contribution in [2.45, 2.75) is 40.0 Å². The van der Waals surface area contributed by atoms with Crippen LogP contribution in [0.1, 0.15) is 40.0 Å². The molecule has 0 saturated heterocycles. The van der Waals surface area contributed by atoms with Crippen LogP contribution in [0.25, 0.3) is 0 Å². The molecular formula is C23H31N2Ru2. The molecule has 0 amide bonds. The van der Waals surface area contributed by atoms with Gasteiger partial charge in [0.05, 0.1) is 0 Å². The van der Waals surface area contributed by atoms with Crippen LogP contribution in [-0.4, -0.2) is 9.97 Å². The maximum atomic E-state index is 3.16. The summed E-state index contributed by atoms with van der Waals surface area (Å²) in [5.74, 6) is 0. The van der Waals surface area contributed by atoms with Crippen molar-refractivity contribution in [2.24, 2.45) is 0 Å². The standard InChI is InChI=1S/C9H15.C5H5.2C4H4N.CH3.2Ru/c1-4-7-8-9(5-2)6-3;3*1-2-4-5-3-1;;;/h5,8H,4,6H2,1-3H3;1-3H,4H2;2*1-3,5H;1H3;;/q5*-1;+2;+3. The molecule has 0 bridgehead atoms. The third kappa shape index (κ3) is 27.1. The fourth-order valence-corrected chi connectivity index (χ4v) is 1.44. The first-order chi connectivity index (χ1) is 11.8. The van der Waals surface area contributed by atoms with E-state index < -0.39 is 0 Å². The predicted molar refractivity (Wildman–Crippen MR) is 109 cm³/mol. The van der Waals surface area contributed by atoms with Crippen LogP contribution in [0.4, 0.5) is 0 Å². The molecule has 0 atom stereocenters. The molecule has 0 saturated carbocycles. The van der Waals surface area contributed by atoms with Crippen molar-refractivity contribution in [3.05, 3.63) is 105 Å². The largest absolute Gasteiger partial charge is 3.00 e. The summed E-state index contributed by atoms with van der Waals surface area (Å²) in [7, 11) is 0. The van der Waals surface area contributed by atoms with Crippen molar-refractivity contribution in [2.75, 3.05) is 0 Å². The minimum atomic E-state index is 0. The zero-order valence-electron chi connectivity index (χ0n) is 16.7. The summed E-state index contributed by atoms with van der Waals surface area (Å²) in [6, 6.07) is 7.42. The first kappa shape index (κ1) is 33.4. The molecule has 2 aromatic rings. The topological polar surface area (TPSA) is 31.6 Å². The van der Waals surface area contributed by atoms with Gasteiger partial charge in [-0.15, -0.1) is 25.2 Å². The Balaban J connectivity index is -0.000000130. The Morgan fingerprint density at radius 1 is 1.11 bits per heavy atom. The van der Waals surface area contributed by atoms with Gasteiger partial charge in [0, 0.05) is 0 Å². The third-order valence-electron chi connectivity index (χ3n) is 2.74. The molecule has 3 rings (SSSR count). The summed E-state index contributed by atoms with van der Waals surface area (Å²) in [5, 5.41) is 0. The van der Waals surface area contributed by atoms with E-state index in [9.17, 15) is 0 Å². The molecule has 1 radical (unpaired) electrons. The van der Waals surface area contributed by atoms with E-state index in [0.29, 0.717) is 0 Å². The molecule has 0 fully saturated rings. The van der Waals surface area contributed by atoms with Crippen LogP contribution < -0.4 is 0 Å². The van der Waals surface area contributed by atoms with Crippen LogP contribution in [0.5, 0.6) is 0 Å². The number of allylic oxidation sites excluding steroid dienone is 8. The van der Waals surface area contributed by atoms with Crippen molar-refractivity contribution in [1.29, 1.82) is 0 Å². The number of aromatic amines is 2. The molecule has 2 nitrogen and oxygen atoms in total. The third-order valence-corrected chi connectivity index (χ3v) is 2.74. The number of H-pyrrole nitrogens is 2. The number of nitrogens with one attached hydrogen (secondary N) is 2. The fraction of sp³-hybridized carbons (Fsp3) is 0.261.